The maximum Gasteiger partial charge on any atom is 0.0666 e. The molecule has 1 aromatic heterocycles. The highest BCUT2D eigenvalue weighted by Gasteiger charge is 2.06. The Balaban J connectivity index is 3.19. The van der Waals surface area contributed by atoms with Crippen LogP contribution in [0.25, 0.3) is 0 Å². The third-order valence-corrected chi connectivity index (χ3v) is 4.45. The van der Waals surface area contributed by atoms with E-state index >= 15 is 0 Å². The van der Waals surface area contributed by atoms with Crippen LogP contribution in [0, 0.1) is 0 Å². The third kappa shape index (κ3) is 2.53. The SMILES string of the molecule is BrCc1cc(Br)c(Br)c(CBr)n1. The Bertz CT molecular complexity index is 287. The molecule has 0 aliphatic heterocycles. The molecule has 5 heteroatoms. The average Bonchev–Trinajstić information content (AvgIpc) is 2.09. The molecule has 0 saturated carbocycles. The van der Waals surface area contributed by atoms with Gasteiger partial charge >= 0.3 is 0 Å². The van der Waals surface area contributed by atoms with Crippen molar-refractivity contribution in [1.29, 1.82) is 0 Å². The standard InChI is InChI=1S/C7H5Br4N/c8-2-4-1-5(10)7(11)6(3-9)12-4/h1H,2-3H2. The lowest BCUT2D eigenvalue weighted by Crippen LogP contribution is -1.93. The van der Waals surface area contributed by atoms with Gasteiger partial charge in [-0.3, -0.25) is 4.98 Å². The molecule has 1 aromatic rings. The number of hydrogen-bond acceptors (Lipinski definition) is 1. The van der Waals surface area contributed by atoms with Crippen LogP contribution in [0.15, 0.2) is 15.0 Å². The molecule has 1 nitrogen and oxygen atoms in total. The van der Waals surface area contributed by atoms with E-state index in [9.17, 15) is 0 Å². The molecular weight excluding hydrogens is 418 g/mol. The Kier molecular flexibility index (Phi) is 4.72. The van der Waals surface area contributed by atoms with Gasteiger partial charge in [-0.25, -0.2) is 0 Å². The number of rotatable bonds is 2. The number of aromatic nitrogens is 1. The first-order chi connectivity index (χ1) is 5.69. The van der Waals surface area contributed by atoms with Crippen molar-refractivity contribution >= 4 is 63.7 Å². The van der Waals surface area contributed by atoms with E-state index in [0.717, 1.165) is 31.0 Å². The van der Waals surface area contributed by atoms with Crippen molar-refractivity contribution in [2.24, 2.45) is 0 Å². The zero-order chi connectivity index (χ0) is 9.14. The van der Waals surface area contributed by atoms with Gasteiger partial charge in [-0.2, -0.15) is 0 Å². The number of alkyl halides is 2. The normalized spacial score (nSPS) is 10.3. The molecule has 0 amide bonds. The summed E-state index contributed by atoms with van der Waals surface area (Å²) < 4.78 is 2.06. The van der Waals surface area contributed by atoms with Crippen LogP contribution >= 0.6 is 63.7 Å². The molecule has 0 N–H and O–H groups in total. The van der Waals surface area contributed by atoms with Crippen LogP contribution in [0.3, 0.4) is 0 Å². The highest BCUT2D eigenvalue weighted by molar-refractivity contribution is 9.13. The van der Waals surface area contributed by atoms with Gasteiger partial charge in [-0.15, -0.1) is 0 Å². The van der Waals surface area contributed by atoms with Gasteiger partial charge in [0.15, 0.2) is 0 Å². The van der Waals surface area contributed by atoms with E-state index in [2.05, 4.69) is 68.7 Å². The maximum atomic E-state index is 4.40. The quantitative estimate of drug-likeness (QED) is 0.644. The minimum atomic E-state index is 0.757. The second-order valence-corrected chi connectivity index (χ2v) is 4.89. The molecule has 0 saturated heterocycles. The van der Waals surface area contributed by atoms with Crippen molar-refractivity contribution < 1.29 is 0 Å². The van der Waals surface area contributed by atoms with E-state index in [1.807, 2.05) is 6.07 Å². The van der Waals surface area contributed by atoms with Crippen LogP contribution in [0.2, 0.25) is 0 Å². The van der Waals surface area contributed by atoms with Crippen molar-refractivity contribution in [1.82, 2.24) is 4.98 Å². The summed E-state index contributed by atoms with van der Waals surface area (Å²) in [5, 5.41) is 1.53. The van der Waals surface area contributed by atoms with Crippen LogP contribution < -0.4 is 0 Å². The maximum absolute atomic E-state index is 4.40. The Labute approximate surface area is 105 Å². The van der Waals surface area contributed by atoms with Crippen molar-refractivity contribution in [2.45, 2.75) is 10.7 Å². The summed E-state index contributed by atoms with van der Waals surface area (Å²) in [6.45, 7) is 0. The van der Waals surface area contributed by atoms with Crippen LogP contribution in [-0.2, 0) is 10.7 Å². The molecule has 0 bridgehead atoms. The molecule has 66 valence electrons. The number of hydrogen-bond donors (Lipinski definition) is 0. The minimum absolute atomic E-state index is 0.757. The van der Waals surface area contributed by atoms with Gasteiger partial charge < -0.3 is 0 Å². The zero-order valence-corrected chi connectivity index (χ0v) is 12.3. The lowest BCUT2D eigenvalue weighted by atomic mass is 10.3. The summed E-state index contributed by atoms with van der Waals surface area (Å²) in [5.41, 5.74) is 2.04. The smallest absolute Gasteiger partial charge is 0.0666 e. The van der Waals surface area contributed by atoms with Crippen molar-refractivity contribution in [3.8, 4) is 0 Å². The molecule has 1 heterocycles. The molecule has 0 aliphatic rings. The molecule has 12 heavy (non-hydrogen) atoms. The molecule has 0 fully saturated rings. The fourth-order valence-corrected chi connectivity index (χ4v) is 2.66. The first-order valence-corrected chi connectivity index (χ1v) is 6.97. The van der Waals surface area contributed by atoms with Gasteiger partial charge in [0.2, 0.25) is 0 Å². The highest BCUT2D eigenvalue weighted by Crippen LogP contribution is 2.28. The van der Waals surface area contributed by atoms with Crippen LogP contribution in [0.5, 0.6) is 0 Å². The summed E-state index contributed by atoms with van der Waals surface area (Å²) in [6.07, 6.45) is 0. The second-order valence-electron chi connectivity index (χ2n) is 2.12. The molecular formula is C7H5Br4N. The van der Waals surface area contributed by atoms with Gasteiger partial charge in [0, 0.05) is 15.1 Å². The average molecular weight is 423 g/mol. The predicted octanol–water partition coefficient (Wildman–Crippen LogP) is 4.40. The highest BCUT2D eigenvalue weighted by atomic mass is 79.9. The summed E-state index contributed by atoms with van der Waals surface area (Å²) in [7, 11) is 0. The molecule has 0 unspecified atom stereocenters. The van der Waals surface area contributed by atoms with E-state index < -0.39 is 0 Å². The van der Waals surface area contributed by atoms with Crippen molar-refractivity contribution in [2.75, 3.05) is 0 Å². The first kappa shape index (κ1) is 11.1. The number of halogens is 4. The third-order valence-electron chi connectivity index (χ3n) is 1.30. The number of pyridine rings is 1. The molecule has 0 aliphatic carbocycles. The summed E-state index contributed by atoms with van der Waals surface area (Å²) >= 11 is 13.6. The Morgan fingerprint density at radius 2 is 1.83 bits per heavy atom. The Hall–Kier alpha value is 1.07. The monoisotopic (exact) mass is 419 g/mol. The zero-order valence-electron chi connectivity index (χ0n) is 5.95. The number of nitrogens with zero attached hydrogens (tertiary/aromatic N) is 1. The van der Waals surface area contributed by atoms with Crippen LogP contribution in [0.4, 0.5) is 0 Å². The van der Waals surface area contributed by atoms with Crippen LogP contribution in [0.1, 0.15) is 11.4 Å². The molecule has 1 rings (SSSR count). The summed E-state index contributed by atoms with van der Waals surface area (Å²) in [6, 6.07) is 1.99. The topological polar surface area (TPSA) is 12.9 Å². The molecule has 0 atom stereocenters. The van der Waals surface area contributed by atoms with Gasteiger partial charge in [-0.05, 0) is 37.9 Å². The fraction of sp³-hybridized carbons (Fsp3) is 0.286. The van der Waals surface area contributed by atoms with Gasteiger partial charge in [0.05, 0.1) is 15.9 Å². The van der Waals surface area contributed by atoms with Crippen LogP contribution in [-0.4, -0.2) is 4.98 Å². The van der Waals surface area contributed by atoms with Crippen molar-refractivity contribution in [3.05, 3.63) is 26.4 Å². The summed E-state index contributed by atoms with van der Waals surface area (Å²) in [4.78, 5) is 4.40. The minimum Gasteiger partial charge on any atom is -0.255 e. The lowest BCUT2D eigenvalue weighted by Gasteiger charge is -2.04. The van der Waals surface area contributed by atoms with Gasteiger partial charge in [-0.1, -0.05) is 31.9 Å². The predicted molar refractivity (Wildman–Crippen MR) is 64.9 cm³/mol. The van der Waals surface area contributed by atoms with Gasteiger partial charge in [0.25, 0.3) is 0 Å². The van der Waals surface area contributed by atoms with E-state index in [4.69, 9.17) is 0 Å². The Morgan fingerprint density at radius 1 is 1.17 bits per heavy atom. The fourth-order valence-electron chi connectivity index (χ4n) is 0.759. The van der Waals surface area contributed by atoms with E-state index in [1.54, 1.807) is 0 Å². The van der Waals surface area contributed by atoms with E-state index in [0.29, 0.717) is 0 Å². The Morgan fingerprint density at radius 3 is 2.33 bits per heavy atom. The van der Waals surface area contributed by atoms with E-state index in [1.165, 1.54) is 0 Å². The largest absolute Gasteiger partial charge is 0.255 e. The van der Waals surface area contributed by atoms with Gasteiger partial charge in [0.1, 0.15) is 0 Å². The lowest BCUT2D eigenvalue weighted by molar-refractivity contribution is 1.08. The van der Waals surface area contributed by atoms with E-state index in [-0.39, 0.29) is 0 Å². The molecule has 0 radical (unpaired) electrons. The van der Waals surface area contributed by atoms with Crippen molar-refractivity contribution in [3.63, 3.8) is 0 Å². The summed E-state index contributed by atoms with van der Waals surface area (Å²) in [5.74, 6) is 0. The molecule has 0 aromatic carbocycles. The first-order valence-electron chi connectivity index (χ1n) is 3.14. The second kappa shape index (κ2) is 5.08. The molecule has 0 spiro atoms.